The smallest absolute Gasteiger partial charge is 0.0224 e. The summed E-state index contributed by atoms with van der Waals surface area (Å²) in [5.41, 5.74) is 1.31. The summed E-state index contributed by atoms with van der Waals surface area (Å²) in [5.74, 6) is 1.50. The van der Waals surface area contributed by atoms with E-state index in [0.29, 0.717) is 0 Å². The van der Waals surface area contributed by atoms with Gasteiger partial charge in [-0.2, -0.15) is 0 Å². The van der Waals surface area contributed by atoms with Gasteiger partial charge < -0.3 is 0 Å². The van der Waals surface area contributed by atoms with Gasteiger partial charge in [-0.05, 0) is 36.7 Å². The highest BCUT2D eigenvalue weighted by Gasteiger charge is 2.19. The summed E-state index contributed by atoms with van der Waals surface area (Å²) in [5, 5.41) is 0. The largest absolute Gasteiger partial charge is 0.103 e. The van der Waals surface area contributed by atoms with Gasteiger partial charge >= 0.3 is 0 Å². The third-order valence-electron chi connectivity index (χ3n) is 3.21. The Morgan fingerprint density at radius 2 is 1.80 bits per heavy atom. The number of hydrogen-bond donors (Lipinski definition) is 0. The van der Waals surface area contributed by atoms with E-state index in [0.717, 1.165) is 11.8 Å². The molecule has 1 saturated carbocycles. The van der Waals surface area contributed by atoms with Crippen molar-refractivity contribution in [3.8, 4) is 0 Å². The van der Waals surface area contributed by atoms with Gasteiger partial charge in [0, 0.05) is 0 Å². The van der Waals surface area contributed by atoms with Crippen molar-refractivity contribution in [2.75, 3.05) is 0 Å². The summed E-state index contributed by atoms with van der Waals surface area (Å²) < 4.78 is 0. The predicted molar refractivity (Wildman–Crippen MR) is 66.5 cm³/mol. The average Bonchev–Trinajstić information content (AvgIpc) is 2.76. The van der Waals surface area contributed by atoms with E-state index in [1.807, 2.05) is 0 Å². The van der Waals surface area contributed by atoms with E-state index in [9.17, 15) is 0 Å². The molecule has 0 unspecified atom stereocenters. The molecule has 2 atom stereocenters. The van der Waals surface area contributed by atoms with Crippen molar-refractivity contribution in [2.45, 2.75) is 19.3 Å². The lowest BCUT2D eigenvalue weighted by molar-refractivity contribution is 0.641. The maximum atomic E-state index is 3.87. The molecule has 0 aliphatic heterocycles. The lowest BCUT2D eigenvalue weighted by atomic mass is 10.0. The van der Waals surface area contributed by atoms with Gasteiger partial charge in [-0.25, -0.2) is 0 Å². The van der Waals surface area contributed by atoms with Gasteiger partial charge in [0.2, 0.25) is 0 Å². The third kappa shape index (κ3) is 2.82. The van der Waals surface area contributed by atoms with E-state index in [4.69, 9.17) is 0 Å². The van der Waals surface area contributed by atoms with E-state index < -0.39 is 0 Å². The van der Waals surface area contributed by atoms with Crippen LogP contribution in [0.2, 0.25) is 0 Å². The van der Waals surface area contributed by atoms with E-state index in [1.54, 1.807) is 0 Å². The molecule has 0 heteroatoms. The molecule has 15 heavy (non-hydrogen) atoms. The lowest BCUT2D eigenvalue weighted by Crippen LogP contribution is -1.89. The molecule has 1 aromatic rings. The molecule has 0 bridgehead atoms. The molecule has 0 radical (unpaired) electrons. The van der Waals surface area contributed by atoms with Crippen LogP contribution in [-0.4, -0.2) is 0 Å². The molecule has 0 amide bonds. The van der Waals surface area contributed by atoms with Crippen molar-refractivity contribution in [1.29, 1.82) is 0 Å². The second-order valence-electron chi connectivity index (χ2n) is 4.34. The van der Waals surface area contributed by atoms with Crippen molar-refractivity contribution in [3.63, 3.8) is 0 Å². The van der Waals surface area contributed by atoms with Crippen LogP contribution in [0.5, 0.6) is 0 Å². The molecule has 0 nitrogen and oxygen atoms in total. The van der Waals surface area contributed by atoms with Crippen LogP contribution in [0.3, 0.4) is 0 Å². The Kier molecular flexibility index (Phi) is 3.39. The highest BCUT2D eigenvalue weighted by molar-refractivity contribution is 5.49. The predicted octanol–water partition coefficient (Wildman–Crippen LogP) is 4.30. The van der Waals surface area contributed by atoms with Gasteiger partial charge in [-0.15, -0.1) is 6.58 Å². The maximum absolute atomic E-state index is 3.87. The van der Waals surface area contributed by atoms with Crippen molar-refractivity contribution < 1.29 is 0 Å². The molecule has 1 aromatic carbocycles. The number of rotatable bonds is 3. The van der Waals surface area contributed by atoms with Crippen LogP contribution in [0.4, 0.5) is 0 Å². The Balaban J connectivity index is 1.93. The van der Waals surface area contributed by atoms with Crippen molar-refractivity contribution in [1.82, 2.24) is 0 Å². The van der Waals surface area contributed by atoms with E-state index in [1.165, 1.54) is 24.8 Å². The number of benzene rings is 1. The monoisotopic (exact) mass is 198 g/mol. The van der Waals surface area contributed by atoms with Crippen molar-refractivity contribution >= 4 is 6.08 Å². The van der Waals surface area contributed by atoms with Crippen molar-refractivity contribution in [3.05, 3.63) is 54.6 Å². The minimum absolute atomic E-state index is 0.746. The first kappa shape index (κ1) is 10.2. The zero-order valence-electron chi connectivity index (χ0n) is 9.10. The Morgan fingerprint density at radius 1 is 1.07 bits per heavy atom. The third-order valence-corrected chi connectivity index (χ3v) is 3.21. The van der Waals surface area contributed by atoms with Crippen LogP contribution in [0.15, 0.2) is 49.1 Å². The fourth-order valence-corrected chi connectivity index (χ4v) is 2.25. The lowest BCUT2D eigenvalue weighted by Gasteiger charge is -2.02. The molecule has 0 saturated heterocycles. The second kappa shape index (κ2) is 4.97. The number of hydrogen-bond acceptors (Lipinski definition) is 0. The van der Waals surface area contributed by atoms with Gasteiger partial charge in [0.15, 0.2) is 0 Å². The maximum Gasteiger partial charge on any atom is -0.0224 e. The van der Waals surface area contributed by atoms with Crippen LogP contribution in [-0.2, 0) is 0 Å². The number of allylic oxidation sites excluding steroid dienone is 2. The first-order valence-corrected chi connectivity index (χ1v) is 5.74. The molecule has 0 spiro atoms. The van der Waals surface area contributed by atoms with Crippen LogP contribution in [0, 0.1) is 11.8 Å². The molecule has 2 rings (SSSR count). The zero-order chi connectivity index (χ0) is 10.5. The van der Waals surface area contributed by atoms with E-state index in [-0.39, 0.29) is 0 Å². The Hall–Kier alpha value is -1.30. The van der Waals surface area contributed by atoms with Gasteiger partial charge in [-0.3, -0.25) is 0 Å². The van der Waals surface area contributed by atoms with Crippen LogP contribution in [0.1, 0.15) is 24.8 Å². The van der Waals surface area contributed by atoms with Gasteiger partial charge in [0.25, 0.3) is 0 Å². The van der Waals surface area contributed by atoms with Crippen molar-refractivity contribution in [2.24, 2.45) is 11.8 Å². The summed E-state index contributed by atoms with van der Waals surface area (Å²) in [6.45, 7) is 3.87. The average molecular weight is 198 g/mol. The van der Waals surface area contributed by atoms with E-state index >= 15 is 0 Å². The summed E-state index contributed by atoms with van der Waals surface area (Å²) in [6.07, 6.45) is 10.6. The van der Waals surface area contributed by atoms with Crippen LogP contribution in [0.25, 0.3) is 6.08 Å². The fourth-order valence-electron chi connectivity index (χ4n) is 2.25. The first-order chi connectivity index (χ1) is 7.38. The Bertz CT molecular complexity index is 334. The fraction of sp³-hybridized carbons (Fsp3) is 0.333. The minimum atomic E-state index is 0.746. The highest BCUT2D eigenvalue weighted by Crippen LogP contribution is 2.32. The minimum Gasteiger partial charge on any atom is -0.103 e. The highest BCUT2D eigenvalue weighted by atomic mass is 14.2. The summed E-state index contributed by atoms with van der Waals surface area (Å²) >= 11 is 0. The molecule has 0 N–H and O–H groups in total. The molecule has 1 aliphatic rings. The molecular weight excluding hydrogens is 180 g/mol. The second-order valence-corrected chi connectivity index (χ2v) is 4.34. The molecule has 0 heterocycles. The molecule has 0 aromatic heterocycles. The molecule has 1 aliphatic carbocycles. The van der Waals surface area contributed by atoms with E-state index in [2.05, 4.69) is 55.1 Å². The van der Waals surface area contributed by atoms with Gasteiger partial charge in [-0.1, -0.05) is 48.6 Å². The Morgan fingerprint density at radius 3 is 2.47 bits per heavy atom. The summed E-state index contributed by atoms with van der Waals surface area (Å²) in [4.78, 5) is 0. The standard InChI is InChI=1S/C15H18/c1-2-13-8-10-15(12-13)11-9-14-6-4-3-5-7-14/h2-7,9,11,13,15H,1,8,10,12H2/t13-,15-/m1/s1. The molecule has 1 fully saturated rings. The zero-order valence-corrected chi connectivity index (χ0v) is 9.10. The van der Waals surface area contributed by atoms with Gasteiger partial charge in [0.05, 0.1) is 0 Å². The quantitative estimate of drug-likeness (QED) is 0.635. The molecule has 78 valence electrons. The SMILES string of the molecule is C=C[C@@H]1CC[C@H](C=Cc2ccccc2)C1. The first-order valence-electron chi connectivity index (χ1n) is 5.74. The Labute approximate surface area is 92.3 Å². The summed E-state index contributed by atoms with van der Waals surface area (Å²) in [7, 11) is 0. The van der Waals surface area contributed by atoms with Crippen LogP contribution >= 0.6 is 0 Å². The molecular formula is C15H18. The summed E-state index contributed by atoms with van der Waals surface area (Å²) in [6, 6.07) is 10.5. The van der Waals surface area contributed by atoms with Crippen LogP contribution < -0.4 is 0 Å². The topological polar surface area (TPSA) is 0 Å². The van der Waals surface area contributed by atoms with Gasteiger partial charge in [0.1, 0.15) is 0 Å². The normalized spacial score (nSPS) is 25.9.